The molecule has 0 saturated heterocycles. The third kappa shape index (κ3) is 3.79. The normalized spacial score (nSPS) is 10.3. The molecule has 0 saturated carbocycles. The summed E-state index contributed by atoms with van der Waals surface area (Å²) in [5, 5.41) is 0.301. The van der Waals surface area contributed by atoms with Crippen LogP contribution in [0.25, 0.3) is 0 Å². The van der Waals surface area contributed by atoms with Gasteiger partial charge in [0, 0.05) is 24.4 Å². The highest BCUT2D eigenvalue weighted by Gasteiger charge is 2.09. The summed E-state index contributed by atoms with van der Waals surface area (Å²) in [7, 11) is 1.62. The van der Waals surface area contributed by atoms with E-state index in [9.17, 15) is 4.79 Å². The minimum Gasteiger partial charge on any atom is -0.491 e. The molecule has 1 aromatic carbocycles. The summed E-state index contributed by atoms with van der Waals surface area (Å²) < 4.78 is 10.3. The number of aromatic nitrogens is 1. The zero-order valence-corrected chi connectivity index (χ0v) is 11.8. The lowest BCUT2D eigenvalue weighted by molar-refractivity contribution is 0.103. The number of methoxy groups -OCH3 is 1. The van der Waals surface area contributed by atoms with E-state index in [1.54, 1.807) is 43.5 Å². The lowest BCUT2D eigenvalue weighted by Crippen LogP contribution is -2.05. The van der Waals surface area contributed by atoms with Crippen LogP contribution in [0.4, 0.5) is 0 Å². The Bertz CT molecular complexity index is 584. The van der Waals surface area contributed by atoms with Crippen molar-refractivity contribution in [3.63, 3.8) is 0 Å². The van der Waals surface area contributed by atoms with Crippen LogP contribution >= 0.6 is 11.6 Å². The van der Waals surface area contributed by atoms with E-state index in [-0.39, 0.29) is 5.78 Å². The van der Waals surface area contributed by atoms with Gasteiger partial charge in [-0.2, -0.15) is 0 Å². The summed E-state index contributed by atoms with van der Waals surface area (Å²) in [4.78, 5) is 16.1. The van der Waals surface area contributed by atoms with E-state index < -0.39 is 0 Å². The second kappa shape index (κ2) is 7.03. The molecule has 1 heterocycles. The molecule has 20 heavy (non-hydrogen) atoms. The van der Waals surface area contributed by atoms with Gasteiger partial charge in [-0.15, -0.1) is 0 Å². The van der Waals surface area contributed by atoms with Gasteiger partial charge in [0.1, 0.15) is 17.5 Å². The van der Waals surface area contributed by atoms with E-state index in [4.69, 9.17) is 21.1 Å². The fraction of sp³-hybridized carbons (Fsp3) is 0.200. The van der Waals surface area contributed by atoms with Gasteiger partial charge in [-0.05, 0) is 36.4 Å². The summed E-state index contributed by atoms with van der Waals surface area (Å²) in [5.41, 5.74) is 1.09. The zero-order chi connectivity index (χ0) is 14.4. The van der Waals surface area contributed by atoms with Crippen molar-refractivity contribution in [2.24, 2.45) is 0 Å². The molecule has 0 aliphatic carbocycles. The van der Waals surface area contributed by atoms with Crippen LogP contribution in [0, 0.1) is 0 Å². The Balaban J connectivity index is 2.07. The number of benzene rings is 1. The fourth-order valence-corrected chi connectivity index (χ4v) is 1.83. The summed E-state index contributed by atoms with van der Waals surface area (Å²) in [5.74, 6) is 0.601. The number of rotatable bonds is 6. The molecular weight excluding hydrogens is 278 g/mol. The molecule has 1 aromatic heterocycles. The number of carbonyl (C=O) groups excluding carboxylic acids is 1. The molecule has 104 valence electrons. The van der Waals surface area contributed by atoms with Crippen LogP contribution in [-0.4, -0.2) is 31.1 Å². The van der Waals surface area contributed by atoms with Gasteiger partial charge in [-0.1, -0.05) is 11.6 Å². The maximum Gasteiger partial charge on any atom is 0.193 e. The Hall–Kier alpha value is -1.91. The van der Waals surface area contributed by atoms with Gasteiger partial charge in [-0.25, -0.2) is 4.98 Å². The maximum absolute atomic E-state index is 12.2. The predicted molar refractivity (Wildman–Crippen MR) is 76.5 cm³/mol. The Morgan fingerprint density at radius 2 is 1.90 bits per heavy atom. The second-order valence-corrected chi connectivity index (χ2v) is 4.45. The van der Waals surface area contributed by atoms with E-state index >= 15 is 0 Å². The Morgan fingerprint density at radius 1 is 1.15 bits per heavy atom. The smallest absolute Gasteiger partial charge is 0.193 e. The van der Waals surface area contributed by atoms with E-state index in [0.717, 1.165) is 0 Å². The van der Waals surface area contributed by atoms with Crippen molar-refractivity contribution in [3.8, 4) is 5.75 Å². The summed E-state index contributed by atoms with van der Waals surface area (Å²) >= 11 is 5.78. The third-order valence-electron chi connectivity index (χ3n) is 2.66. The number of halogens is 1. The number of ketones is 1. The SMILES string of the molecule is COCCOc1ccc(C(=O)c2ccnc(Cl)c2)cc1. The largest absolute Gasteiger partial charge is 0.491 e. The molecule has 2 aromatic rings. The molecule has 5 heteroatoms. The van der Waals surface area contributed by atoms with Crippen LogP contribution in [0.1, 0.15) is 15.9 Å². The predicted octanol–water partition coefficient (Wildman–Crippen LogP) is 2.99. The maximum atomic E-state index is 12.2. The summed E-state index contributed by atoms with van der Waals surface area (Å²) in [6.07, 6.45) is 1.51. The van der Waals surface area contributed by atoms with E-state index in [2.05, 4.69) is 4.98 Å². The van der Waals surface area contributed by atoms with Crippen LogP contribution < -0.4 is 4.74 Å². The first-order valence-corrected chi connectivity index (χ1v) is 6.46. The molecule has 0 fully saturated rings. The van der Waals surface area contributed by atoms with Gasteiger partial charge in [-0.3, -0.25) is 4.79 Å². The van der Waals surface area contributed by atoms with Crippen molar-refractivity contribution >= 4 is 17.4 Å². The van der Waals surface area contributed by atoms with Gasteiger partial charge >= 0.3 is 0 Å². The van der Waals surface area contributed by atoms with Gasteiger partial charge in [0.05, 0.1) is 6.61 Å². The Kier molecular flexibility index (Phi) is 5.09. The van der Waals surface area contributed by atoms with Gasteiger partial charge in [0.2, 0.25) is 0 Å². The lowest BCUT2D eigenvalue weighted by atomic mass is 10.0. The molecule has 0 aliphatic heterocycles. The molecule has 4 nitrogen and oxygen atoms in total. The Morgan fingerprint density at radius 3 is 2.55 bits per heavy atom. The second-order valence-electron chi connectivity index (χ2n) is 4.06. The van der Waals surface area contributed by atoms with Crippen LogP contribution in [0.15, 0.2) is 42.6 Å². The highest BCUT2D eigenvalue weighted by Crippen LogP contribution is 2.16. The quantitative estimate of drug-likeness (QED) is 0.466. The number of pyridine rings is 1. The van der Waals surface area contributed by atoms with Crippen LogP contribution in [-0.2, 0) is 4.74 Å². The molecule has 0 amide bonds. The van der Waals surface area contributed by atoms with Crippen molar-refractivity contribution in [1.29, 1.82) is 0 Å². The molecule has 0 radical (unpaired) electrons. The molecule has 2 rings (SSSR count). The first-order chi connectivity index (χ1) is 9.70. The summed E-state index contributed by atoms with van der Waals surface area (Å²) in [6.45, 7) is 1.000. The molecular formula is C15H14ClNO3. The molecule has 0 atom stereocenters. The van der Waals surface area contributed by atoms with Crippen LogP contribution in [0.5, 0.6) is 5.75 Å². The molecule has 0 unspecified atom stereocenters. The van der Waals surface area contributed by atoms with Crippen molar-refractivity contribution in [3.05, 3.63) is 58.9 Å². The minimum absolute atomic E-state index is 0.0993. The van der Waals surface area contributed by atoms with Gasteiger partial charge in [0.15, 0.2) is 5.78 Å². The topological polar surface area (TPSA) is 48.4 Å². The number of carbonyl (C=O) groups is 1. The van der Waals surface area contributed by atoms with E-state index in [1.165, 1.54) is 6.20 Å². The average molecular weight is 292 g/mol. The number of nitrogens with zero attached hydrogens (tertiary/aromatic N) is 1. The van der Waals surface area contributed by atoms with Crippen molar-refractivity contribution in [2.75, 3.05) is 20.3 Å². The number of ether oxygens (including phenoxy) is 2. The highest BCUT2D eigenvalue weighted by molar-refractivity contribution is 6.29. The van der Waals surface area contributed by atoms with Crippen molar-refractivity contribution in [2.45, 2.75) is 0 Å². The lowest BCUT2D eigenvalue weighted by Gasteiger charge is -2.06. The van der Waals surface area contributed by atoms with Gasteiger partial charge < -0.3 is 9.47 Å². The molecule has 0 N–H and O–H groups in total. The Labute approximate surface area is 122 Å². The van der Waals surface area contributed by atoms with E-state index in [0.29, 0.717) is 35.2 Å². The molecule has 0 bridgehead atoms. The standard InChI is InChI=1S/C15H14ClNO3/c1-19-8-9-20-13-4-2-11(3-5-13)15(18)12-6-7-17-14(16)10-12/h2-7,10H,8-9H2,1H3. The van der Waals surface area contributed by atoms with E-state index in [1.807, 2.05) is 0 Å². The zero-order valence-electron chi connectivity index (χ0n) is 11.0. The van der Waals surface area contributed by atoms with Crippen molar-refractivity contribution < 1.29 is 14.3 Å². The first-order valence-electron chi connectivity index (χ1n) is 6.09. The monoisotopic (exact) mass is 291 g/mol. The minimum atomic E-state index is -0.0993. The first kappa shape index (κ1) is 14.5. The highest BCUT2D eigenvalue weighted by atomic mass is 35.5. The molecule has 0 spiro atoms. The molecule has 0 aliphatic rings. The third-order valence-corrected chi connectivity index (χ3v) is 2.87. The van der Waals surface area contributed by atoms with Crippen molar-refractivity contribution in [1.82, 2.24) is 4.98 Å². The summed E-state index contributed by atoms with van der Waals surface area (Å²) in [6, 6.07) is 10.1. The fourth-order valence-electron chi connectivity index (χ4n) is 1.66. The van der Waals surface area contributed by atoms with Crippen LogP contribution in [0.2, 0.25) is 5.15 Å². The van der Waals surface area contributed by atoms with Gasteiger partial charge in [0.25, 0.3) is 0 Å². The number of hydrogen-bond acceptors (Lipinski definition) is 4. The average Bonchev–Trinajstić information content (AvgIpc) is 2.47. The van der Waals surface area contributed by atoms with Crippen LogP contribution in [0.3, 0.4) is 0 Å². The number of hydrogen-bond donors (Lipinski definition) is 0.